The van der Waals surface area contributed by atoms with Crippen LogP contribution in [0.3, 0.4) is 0 Å². The maximum Gasteiger partial charge on any atom is 0.243 e. The average Bonchev–Trinajstić information content (AvgIpc) is 2.45. The lowest BCUT2D eigenvalue weighted by molar-refractivity contribution is -0.130. The first-order valence-electron chi connectivity index (χ1n) is 7.39. The van der Waals surface area contributed by atoms with Gasteiger partial charge in [0.2, 0.25) is 11.8 Å². The predicted octanol–water partition coefficient (Wildman–Crippen LogP) is 1.33. The zero-order chi connectivity index (χ0) is 14.6. The van der Waals surface area contributed by atoms with E-state index in [4.69, 9.17) is 0 Å². The average molecular weight is 283 g/mol. The van der Waals surface area contributed by atoms with E-state index >= 15 is 0 Å². The SMILES string of the molecule is CN1C(=O)C(C2=NNC(=O)C3CCC23)Cc2ccccc21. The molecule has 2 heterocycles. The van der Waals surface area contributed by atoms with Gasteiger partial charge in [-0.25, -0.2) is 5.43 Å². The molecule has 1 saturated carbocycles. The summed E-state index contributed by atoms with van der Waals surface area (Å²) in [5, 5.41) is 4.24. The monoisotopic (exact) mass is 283 g/mol. The molecular formula is C16H17N3O2. The van der Waals surface area contributed by atoms with Gasteiger partial charge in [0.1, 0.15) is 0 Å². The molecule has 1 aromatic carbocycles. The summed E-state index contributed by atoms with van der Waals surface area (Å²) in [6.45, 7) is 0. The number of rotatable bonds is 1. The van der Waals surface area contributed by atoms with Gasteiger partial charge in [0.05, 0.1) is 11.6 Å². The largest absolute Gasteiger partial charge is 0.315 e. The maximum atomic E-state index is 12.7. The fourth-order valence-electron chi connectivity index (χ4n) is 3.69. The lowest BCUT2D eigenvalue weighted by Gasteiger charge is -2.42. The fourth-order valence-corrected chi connectivity index (χ4v) is 3.69. The van der Waals surface area contributed by atoms with Crippen molar-refractivity contribution < 1.29 is 9.59 Å². The molecule has 3 unspecified atom stereocenters. The molecule has 21 heavy (non-hydrogen) atoms. The van der Waals surface area contributed by atoms with Crippen LogP contribution in [-0.2, 0) is 16.0 Å². The molecule has 4 rings (SSSR count). The van der Waals surface area contributed by atoms with Crippen molar-refractivity contribution in [3.63, 3.8) is 0 Å². The second-order valence-electron chi connectivity index (χ2n) is 6.09. The molecule has 2 aliphatic heterocycles. The summed E-state index contributed by atoms with van der Waals surface area (Å²) in [6.07, 6.45) is 2.55. The number of benzene rings is 1. The summed E-state index contributed by atoms with van der Waals surface area (Å²) in [5.74, 6) is 0.0266. The zero-order valence-electron chi connectivity index (χ0n) is 11.9. The van der Waals surface area contributed by atoms with E-state index in [0.717, 1.165) is 24.2 Å². The van der Waals surface area contributed by atoms with Crippen LogP contribution in [0.5, 0.6) is 0 Å². The van der Waals surface area contributed by atoms with Crippen molar-refractivity contribution in [3.05, 3.63) is 29.8 Å². The van der Waals surface area contributed by atoms with E-state index in [2.05, 4.69) is 16.6 Å². The molecule has 3 atom stereocenters. The van der Waals surface area contributed by atoms with Crippen molar-refractivity contribution in [2.75, 3.05) is 11.9 Å². The van der Waals surface area contributed by atoms with Gasteiger partial charge in [-0.3, -0.25) is 9.59 Å². The van der Waals surface area contributed by atoms with Gasteiger partial charge in [-0.05, 0) is 30.9 Å². The molecule has 1 N–H and O–H groups in total. The van der Waals surface area contributed by atoms with Crippen LogP contribution in [0.4, 0.5) is 5.69 Å². The van der Waals surface area contributed by atoms with Crippen LogP contribution < -0.4 is 10.3 Å². The highest BCUT2D eigenvalue weighted by Gasteiger charge is 2.47. The Kier molecular flexibility index (Phi) is 2.64. The van der Waals surface area contributed by atoms with Crippen LogP contribution in [0.2, 0.25) is 0 Å². The summed E-state index contributed by atoms with van der Waals surface area (Å²) in [5.41, 5.74) is 5.61. The molecule has 0 saturated heterocycles. The van der Waals surface area contributed by atoms with E-state index in [-0.39, 0.29) is 29.6 Å². The molecule has 0 spiro atoms. The fraction of sp³-hybridized carbons (Fsp3) is 0.438. The van der Waals surface area contributed by atoms with Crippen molar-refractivity contribution in [2.45, 2.75) is 19.3 Å². The first-order valence-corrected chi connectivity index (χ1v) is 7.39. The summed E-state index contributed by atoms with van der Waals surface area (Å²) in [6, 6.07) is 7.98. The molecule has 3 aliphatic rings. The van der Waals surface area contributed by atoms with E-state index in [1.54, 1.807) is 4.90 Å². The van der Waals surface area contributed by atoms with Crippen LogP contribution in [0.15, 0.2) is 29.4 Å². The van der Waals surface area contributed by atoms with Gasteiger partial charge in [-0.15, -0.1) is 0 Å². The molecule has 5 heteroatoms. The highest BCUT2D eigenvalue weighted by atomic mass is 16.2. The van der Waals surface area contributed by atoms with E-state index in [1.807, 2.05) is 25.2 Å². The van der Waals surface area contributed by atoms with E-state index < -0.39 is 0 Å². The Bertz CT molecular complexity index is 667. The quantitative estimate of drug-likeness (QED) is 0.845. The first-order chi connectivity index (χ1) is 10.2. The Labute approximate surface area is 123 Å². The van der Waals surface area contributed by atoms with Gasteiger partial charge in [-0.1, -0.05) is 18.2 Å². The third kappa shape index (κ3) is 1.73. The summed E-state index contributed by atoms with van der Waals surface area (Å²) < 4.78 is 0. The number of hydrogen-bond donors (Lipinski definition) is 1. The molecule has 0 radical (unpaired) electrons. The van der Waals surface area contributed by atoms with Gasteiger partial charge in [0.15, 0.2) is 0 Å². The van der Waals surface area contributed by atoms with Gasteiger partial charge in [0, 0.05) is 24.6 Å². The minimum atomic E-state index is -0.238. The Balaban J connectivity index is 1.71. The third-order valence-corrected chi connectivity index (χ3v) is 5.05. The van der Waals surface area contributed by atoms with E-state index in [0.29, 0.717) is 6.42 Å². The van der Waals surface area contributed by atoms with E-state index in [1.165, 1.54) is 5.56 Å². The van der Waals surface area contributed by atoms with Crippen molar-refractivity contribution in [2.24, 2.45) is 22.9 Å². The minimum Gasteiger partial charge on any atom is -0.315 e. The summed E-state index contributed by atoms with van der Waals surface area (Å²) in [4.78, 5) is 26.1. The summed E-state index contributed by atoms with van der Waals surface area (Å²) >= 11 is 0. The van der Waals surface area contributed by atoms with Crippen molar-refractivity contribution in [1.29, 1.82) is 0 Å². The lowest BCUT2D eigenvalue weighted by atomic mass is 9.66. The number of carbonyl (C=O) groups is 2. The number of nitrogens with zero attached hydrogens (tertiary/aromatic N) is 2. The van der Waals surface area contributed by atoms with Crippen LogP contribution >= 0.6 is 0 Å². The number of anilines is 1. The number of hydrazone groups is 1. The van der Waals surface area contributed by atoms with Crippen LogP contribution in [-0.4, -0.2) is 24.6 Å². The van der Waals surface area contributed by atoms with Gasteiger partial charge < -0.3 is 4.90 Å². The van der Waals surface area contributed by atoms with E-state index in [9.17, 15) is 9.59 Å². The molecule has 108 valence electrons. The smallest absolute Gasteiger partial charge is 0.243 e. The molecule has 5 nitrogen and oxygen atoms in total. The molecule has 1 aliphatic carbocycles. The Morgan fingerprint density at radius 1 is 1.19 bits per heavy atom. The Morgan fingerprint density at radius 3 is 2.71 bits per heavy atom. The second-order valence-corrected chi connectivity index (χ2v) is 6.09. The standard InChI is InChI=1S/C16H17N3O2/c1-19-13-5-3-2-4-9(13)8-12(16(19)21)14-10-6-7-11(10)15(20)18-17-14/h2-5,10-12H,6-8H2,1H3,(H,18,20). The molecule has 2 amide bonds. The first kappa shape index (κ1) is 12.6. The Hall–Kier alpha value is -2.17. The molecule has 0 bridgehead atoms. The molecule has 0 aromatic heterocycles. The normalized spacial score (nSPS) is 30.8. The predicted molar refractivity (Wildman–Crippen MR) is 78.8 cm³/mol. The zero-order valence-corrected chi connectivity index (χ0v) is 11.9. The highest BCUT2D eigenvalue weighted by molar-refractivity contribution is 6.14. The number of para-hydroxylation sites is 1. The van der Waals surface area contributed by atoms with Crippen molar-refractivity contribution in [1.82, 2.24) is 5.43 Å². The van der Waals surface area contributed by atoms with Crippen LogP contribution in [0, 0.1) is 17.8 Å². The lowest BCUT2D eigenvalue weighted by Crippen LogP contribution is -2.53. The molecule has 1 aromatic rings. The Morgan fingerprint density at radius 2 is 1.95 bits per heavy atom. The maximum absolute atomic E-state index is 12.7. The number of fused-ring (bicyclic) bond motifs is 2. The number of hydrogen-bond acceptors (Lipinski definition) is 3. The third-order valence-electron chi connectivity index (χ3n) is 5.05. The van der Waals surface area contributed by atoms with Crippen molar-refractivity contribution >= 4 is 23.2 Å². The summed E-state index contributed by atoms with van der Waals surface area (Å²) in [7, 11) is 1.81. The second kappa shape index (κ2) is 4.41. The van der Waals surface area contributed by atoms with Crippen molar-refractivity contribution in [3.8, 4) is 0 Å². The van der Waals surface area contributed by atoms with Gasteiger partial charge in [0.25, 0.3) is 0 Å². The number of amides is 2. The highest BCUT2D eigenvalue weighted by Crippen LogP contribution is 2.41. The van der Waals surface area contributed by atoms with Crippen LogP contribution in [0.25, 0.3) is 0 Å². The van der Waals surface area contributed by atoms with Gasteiger partial charge in [-0.2, -0.15) is 5.10 Å². The number of nitrogens with one attached hydrogen (secondary N) is 1. The van der Waals surface area contributed by atoms with Crippen LogP contribution in [0.1, 0.15) is 18.4 Å². The van der Waals surface area contributed by atoms with Gasteiger partial charge >= 0.3 is 0 Å². The minimum absolute atomic E-state index is 0.00649. The molecular weight excluding hydrogens is 266 g/mol. The number of carbonyl (C=O) groups excluding carboxylic acids is 2. The topological polar surface area (TPSA) is 61.8 Å². The molecule has 1 fully saturated rings.